The van der Waals surface area contributed by atoms with Crippen molar-refractivity contribution in [3.63, 3.8) is 0 Å². The fourth-order valence-electron chi connectivity index (χ4n) is 1.64. The fourth-order valence-corrected chi connectivity index (χ4v) is 2.11. The molecular weight excluding hydrogens is 298 g/mol. The van der Waals surface area contributed by atoms with E-state index >= 15 is 0 Å². The van der Waals surface area contributed by atoms with Crippen molar-refractivity contribution in [1.29, 1.82) is 0 Å². The predicted octanol–water partition coefficient (Wildman–Crippen LogP) is 3.89. The molecule has 1 heterocycles. The molecule has 0 radical (unpaired) electrons. The van der Waals surface area contributed by atoms with E-state index in [0.717, 1.165) is 5.39 Å². The van der Waals surface area contributed by atoms with Crippen LogP contribution in [0.3, 0.4) is 0 Å². The highest BCUT2D eigenvalue weighted by Crippen LogP contribution is 2.33. The first kappa shape index (κ1) is 13.0. The standard InChI is InChI=1S/C13H14BrNO3/c1-13(2,3)18-12(17)15-7-6-8-9(15)4-5-10(16)11(8)14/h4-7,16H,1-3H3. The van der Waals surface area contributed by atoms with E-state index in [9.17, 15) is 9.90 Å². The van der Waals surface area contributed by atoms with E-state index in [1.165, 1.54) is 10.6 Å². The lowest BCUT2D eigenvalue weighted by atomic mass is 10.2. The minimum absolute atomic E-state index is 0.143. The summed E-state index contributed by atoms with van der Waals surface area (Å²) in [6, 6.07) is 4.97. The van der Waals surface area contributed by atoms with Crippen LogP contribution in [0.2, 0.25) is 0 Å². The molecule has 0 amide bonds. The molecule has 4 nitrogen and oxygen atoms in total. The van der Waals surface area contributed by atoms with Gasteiger partial charge in [0.15, 0.2) is 0 Å². The number of carbonyl (C=O) groups excluding carboxylic acids is 1. The summed E-state index contributed by atoms with van der Waals surface area (Å²) in [5.41, 5.74) is 0.149. The maximum atomic E-state index is 12.0. The minimum Gasteiger partial charge on any atom is -0.507 e. The average Bonchev–Trinajstić information content (AvgIpc) is 2.65. The number of carbonyl (C=O) groups is 1. The molecule has 0 aliphatic heterocycles. The maximum Gasteiger partial charge on any atom is 0.418 e. The SMILES string of the molecule is CC(C)(C)OC(=O)n1ccc2c(Br)c(O)ccc21. The number of aromatic hydroxyl groups is 1. The van der Waals surface area contributed by atoms with Gasteiger partial charge in [0.25, 0.3) is 0 Å². The van der Waals surface area contributed by atoms with Gasteiger partial charge < -0.3 is 9.84 Å². The van der Waals surface area contributed by atoms with Crippen LogP contribution in [0.5, 0.6) is 5.75 Å². The summed E-state index contributed by atoms with van der Waals surface area (Å²) in [6.45, 7) is 5.45. The largest absolute Gasteiger partial charge is 0.507 e. The summed E-state index contributed by atoms with van der Waals surface area (Å²) in [5, 5.41) is 10.3. The highest BCUT2D eigenvalue weighted by atomic mass is 79.9. The molecule has 0 saturated heterocycles. The van der Waals surface area contributed by atoms with Crippen molar-refractivity contribution < 1.29 is 14.6 Å². The van der Waals surface area contributed by atoms with E-state index in [2.05, 4.69) is 15.9 Å². The number of hydrogen-bond acceptors (Lipinski definition) is 3. The Morgan fingerprint density at radius 2 is 2.00 bits per heavy atom. The molecule has 2 aromatic rings. The first-order chi connectivity index (χ1) is 8.29. The summed E-state index contributed by atoms with van der Waals surface area (Å²) in [7, 11) is 0. The van der Waals surface area contributed by atoms with Crippen LogP contribution in [0, 0.1) is 0 Å². The highest BCUT2D eigenvalue weighted by Gasteiger charge is 2.19. The Morgan fingerprint density at radius 1 is 1.33 bits per heavy atom. The third-order valence-electron chi connectivity index (χ3n) is 2.38. The van der Waals surface area contributed by atoms with E-state index in [4.69, 9.17) is 4.74 Å². The number of rotatable bonds is 0. The second kappa shape index (κ2) is 4.31. The molecule has 0 spiro atoms. The van der Waals surface area contributed by atoms with Gasteiger partial charge in [-0.15, -0.1) is 0 Å². The zero-order valence-corrected chi connectivity index (χ0v) is 12.0. The summed E-state index contributed by atoms with van der Waals surface area (Å²) >= 11 is 3.29. The van der Waals surface area contributed by atoms with Gasteiger partial charge in [0.05, 0.1) is 9.99 Å². The van der Waals surface area contributed by atoms with E-state index in [1.54, 1.807) is 18.3 Å². The smallest absolute Gasteiger partial charge is 0.418 e. The number of aromatic nitrogens is 1. The lowest BCUT2D eigenvalue weighted by Gasteiger charge is -2.19. The van der Waals surface area contributed by atoms with Crippen molar-refractivity contribution in [2.75, 3.05) is 0 Å². The van der Waals surface area contributed by atoms with Gasteiger partial charge in [-0.25, -0.2) is 4.79 Å². The van der Waals surface area contributed by atoms with Gasteiger partial charge >= 0.3 is 6.09 Å². The zero-order chi connectivity index (χ0) is 13.5. The molecule has 1 aromatic heterocycles. The second-order valence-electron chi connectivity index (χ2n) is 5.00. The van der Waals surface area contributed by atoms with Crippen LogP contribution in [-0.4, -0.2) is 21.4 Å². The van der Waals surface area contributed by atoms with Crippen LogP contribution >= 0.6 is 15.9 Å². The van der Waals surface area contributed by atoms with Gasteiger partial charge in [0.1, 0.15) is 11.4 Å². The molecular formula is C13H14BrNO3. The molecule has 0 saturated carbocycles. The molecule has 0 fully saturated rings. The van der Waals surface area contributed by atoms with E-state index in [-0.39, 0.29) is 5.75 Å². The topological polar surface area (TPSA) is 51.5 Å². The van der Waals surface area contributed by atoms with Crippen molar-refractivity contribution in [3.8, 4) is 5.75 Å². The first-order valence-corrected chi connectivity index (χ1v) is 6.31. The van der Waals surface area contributed by atoms with Gasteiger partial charge in [-0.05, 0) is 54.9 Å². The quantitative estimate of drug-likeness (QED) is 0.803. The van der Waals surface area contributed by atoms with Crippen molar-refractivity contribution in [1.82, 2.24) is 4.57 Å². The van der Waals surface area contributed by atoms with Crippen LogP contribution in [0.25, 0.3) is 10.9 Å². The molecule has 0 bridgehead atoms. The molecule has 2 rings (SSSR count). The van der Waals surface area contributed by atoms with Crippen molar-refractivity contribution >= 4 is 32.9 Å². The third kappa shape index (κ3) is 2.36. The number of hydrogen-bond donors (Lipinski definition) is 1. The highest BCUT2D eigenvalue weighted by molar-refractivity contribution is 9.10. The number of halogens is 1. The number of nitrogens with zero attached hydrogens (tertiary/aromatic N) is 1. The molecule has 0 atom stereocenters. The molecule has 18 heavy (non-hydrogen) atoms. The third-order valence-corrected chi connectivity index (χ3v) is 3.21. The lowest BCUT2D eigenvalue weighted by molar-refractivity contribution is 0.0544. The van der Waals surface area contributed by atoms with Gasteiger partial charge in [0, 0.05) is 11.6 Å². The number of phenols is 1. The minimum atomic E-state index is -0.540. The normalized spacial score (nSPS) is 11.8. The Balaban J connectivity index is 2.48. The van der Waals surface area contributed by atoms with Gasteiger partial charge in [-0.3, -0.25) is 4.57 Å². The van der Waals surface area contributed by atoms with E-state index in [1.807, 2.05) is 20.8 Å². The van der Waals surface area contributed by atoms with Crippen molar-refractivity contribution in [3.05, 3.63) is 28.9 Å². The summed E-state index contributed by atoms with van der Waals surface area (Å²) < 4.78 is 7.30. The average molecular weight is 312 g/mol. The fraction of sp³-hybridized carbons (Fsp3) is 0.308. The predicted molar refractivity (Wildman–Crippen MR) is 72.9 cm³/mol. The number of phenolic OH excluding ortho intramolecular Hbond substituents is 1. The summed E-state index contributed by atoms with van der Waals surface area (Å²) in [4.78, 5) is 12.0. The van der Waals surface area contributed by atoms with Crippen molar-refractivity contribution in [2.24, 2.45) is 0 Å². The molecule has 5 heteroatoms. The number of ether oxygens (including phenoxy) is 1. The van der Waals surface area contributed by atoms with E-state index < -0.39 is 11.7 Å². The van der Waals surface area contributed by atoms with Gasteiger partial charge in [-0.2, -0.15) is 0 Å². The number of benzene rings is 1. The molecule has 0 unspecified atom stereocenters. The summed E-state index contributed by atoms with van der Waals surface area (Å²) in [5.74, 6) is 0.143. The molecule has 0 aliphatic rings. The Morgan fingerprint density at radius 3 is 2.61 bits per heavy atom. The van der Waals surface area contributed by atoms with Gasteiger partial charge in [0.2, 0.25) is 0 Å². The maximum absolute atomic E-state index is 12.0. The van der Waals surface area contributed by atoms with Crippen LogP contribution in [0.4, 0.5) is 4.79 Å². The van der Waals surface area contributed by atoms with Crippen LogP contribution in [0.15, 0.2) is 28.9 Å². The Labute approximate surface area is 113 Å². The summed E-state index contributed by atoms with van der Waals surface area (Å²) in [6.07, 6.45) is 1.19. The van der Waals surface area contributed by atoms with E-state index in [0.29, 0.717) is 9.99 Å². The first-order valence-electron chi connectivity index (χ1n) is 5.51. The molecule has 1 N–H and O–H groups in total. The molecule has 1 aromatic carbocycles. The molecule has 0 aliphatic carbocycles. The van der Waals surface area contributed by atoms with Gasteiger partial charge in [-0.1, -0.05) is 0 Å². The second-order valence-corrected chi connectivity index (χ2v) is 5.79. The van der Waals surface area contributed by atoms with Crippen LogP contribution in [-0.2, 0) is 4.74 Å². The Hall–Kier alpha value is -1.49. The number of fused-ring (bicyclic) bond motifs is 1. The van der Waals surface area contributed by atoms with Crippen LogP contribution < -0.4 is 0 Å². The lowest BCUT2D eigenvalue weighted by Crippen LogP contribution is -2.26. The van der Waals surface area contributed by atoms with Crippen molar-refractivity contribution in [2.45, 2.75) is 26.4 Å². The molecule has 96 valence electrons. The Bertz CT molecular complexity index is 610. The monoisotopic (exact) mass is 311 g/mol. The van der Waals surface area contributed by atoms with Crippen LogP contribution in [0.1, 0.15) is 20.8 Å². The zero-order valence-electron chi connectivity index (χ0n) is 10.4. The Kier molecular flexibility index (Phi) is 3.11.